The number of Topliss-reactive ketones (excluding diaryl/α,β-unsaturated/α-hetero) is 1. The van der Waals surface area contributed by atoms with Gasteiger partial charge >= 0.3 is 11.7 Å². The Morgan fingerprint density at radius 3 is 2.49 bits per heavy atom. The Labute approximate surface area is 201 Å². The summed E-state index contributed by atoms with van der Waals surface area (Å²) < 4.78 is 5.41. The maximum absolute atomic E-state index is 13.3. The van der Waals surface area contributed by atoms with E-state index in [0.29, 0.717) is 23.1 Å². The number of amides is 2. The quantitative estimate of drug-likeness (QED) is 0.427. The van der Waals surface area contributed by atoms with Gasteiger partial charge in [0, 0.05) is 11.6 Å². The van der Waals surface area contributed by atoms with Crippen molar-refractivity contribution in [2.75, 3.05) is 0 Å². The van der Waals surface area contributed by atoms with Crippen molar-refractivity contribution in [3.63, 3.8) is 0 Å². The molecule has 11 nitrogen and oxygen atoms in total. The SMILES string of the molecule is CC(C)C[C@H](NC(=O)[C@@H]1CCCC[C@@H]1NC(=O)c1ccccc1)C(=O)c1nn(CC(=O)O)c(=O)o1. The monoisotopic (exact) mass is 486 g/mol. The molecule has 0 aliphatic heterocycles. The van der Waals surface area contributed by atoms with Gasteiger partial charge in [0.2, 0.25) is 11.7 Å². The highest BCUT2D eigenvalue weighted by atomic mass is 16.4. The van der Waals surface area contributed by atoms with E-state index in [2.05, 4.69) is 15.7 Å². The summed E-state index contributed by atoms with van der Waals surface area (Å²) in [5.74, 6) is -4.82. The van der Waals surface area contributed by atoms with Crippen LogP contribution in [0.5, 0.6) is 0 Å². The van der Waals surface area contributed by atoms with Crippen LogP contribution in [0, 0.1) is 11.8 Å². The van der Waals surface area contributed by atoms with Gasteiger partial charge in [-0.1, -0.05) is 44.9 Å². The van der Waals surface area contributed by atoms with Gasteiger partial charge in [0.25, 0.3) is 11.8 Å². The van der Waals surface area contributed by atoms with Gasteiger partial charge in [0.05, 0.1) is 12.0 Å². The molecule has 3 atom stereocenters. The first-order chi connectivity index (χ1) is 16.7. The highest BCUT2D eigenvalue weighted by molar-refractivity contribution is 5.99. The second-order valence-corrected chi connectivity index (χ2v) is 9.12. The number of carbonyl (C=O) groups excluding carboxylic acids is 3. The second-order valence-electron chi connectivity index (χ2n) is 9.12. The minimum Gasteiger partial charge on any atom is -0.480 e. The van der Waals surface area contributed by atoms with Gasteiger partial charge in [-0.2, -0.15) is 4.68 Å². The fraction of sp³-hybridized carbons (Fsp3) is 0.500. The standard InChI is InChI=1S/C24H30N4O7/c1-14(2)12-18(20(31)23-27-28(13-19(29)30)24(34)35-23)26-22(33)16-10-6-7-11-17(16)25-21(32)15-8-4-3-5-9-15/h3-5,8-9,14,16-18H,6-7,10-13H2,1-2H3,(H,25,32)(H,26,33)(H,29,30)/t16-,17+,18+/m1/s1. The Morgan fingerprint density at radius 1 is 1.14 bits per heavy atom. The molecule has 0 saturated heterocycles. The average molecular weight is 487 g/mol. The zero-order valence-electron chi connectivity index (χ0n) is 19.7. The predicted molar refractivity (Wildman–Crippen MR) is 124 cm³/mol. The van der Waals surface area contributed by atoms with Crippen molar-refractivity contribution in [3.8, 4) is 0 Å². The van der Waals surface area contributed by atoms with Crippen LogP contribution in [0.3, 0.4) is 0 Å². The van der Waals surface area contributed by atoms with E-state index in [0.717, 1.165) is 12.8 Å². The largest absolute Gasteiger partial charge is 0.480 e. The molecule has 1 aromatic heterocycles. The molecule has 0 bridgehead atoms. The zero-order valence-corrected chi connectivity index (χ0v) is 19.7. The van der Waals surface area contributed by atoms with Crippen LogP contribution in [0.4, 0.5) is 0 Å². The molecule has 0 unspecified atom stereocenters. The molecule has 3 rings (SSSR count). The fourth-order valence-corrected chi connectivity index (χ4v) is 4.22. The van der Waals surface area contributed by atoms with E-state index in [1.807, 2.05) is 19.9 Å². The summed E-state index contributed by atoms with van der Waals surface area (Å²) in [6.45, 7) is 2.99. The highest BCUT2D eigenvalue weighted by Crippen LogP contribution is 2.26. The minimum absolute atomic E-state index is 0.0111. The number of hydrogen-bond donors (Lipinski definition) is 3. The molecular weight excluding hydrogens is 456 g/mol. The molecule has 1 aliphatic rings. The van der Waals surface area contributed by atoms with Gasteiger partial charge in [0.15, 0.2) is 0 Å². The lowest BCUT2D eigenvalue weighted by molar-refractivity contribution is -0.138. The van der Waals surface area contributed by atoms with Crippen molar-refractivity contribution in [2.45, 2.75) is 64.6 Å². The number of rotatable bonds is 10. The van der Waals surface area contributed by atoms with Crippen molar-refractivity contribution in [2.24, 2.45) is 11.8 Å². The van der Waals surface area contributed by atoms with Crippen LogP contribution in [-0.4, -0.2) is 50.5 Å². The summed E-state index contributed by atoms with van der Waals surface area (Å²) in [5.41, 5.74) is 0.497. The highest BCUT2D eigenvalue weighted by Gasteiger charge is 2.35. The Kier molecular flexibility index (Phi) is 8.56. The number of carboxylic acid groups (broad SMARTS) is 1. The number of nitrogens with zero attached hydrogens (tertiary/aromatic N) is 2. The number of ketones is 1. The molecule has 1 aliphatic carbocycles. The van der Waals surface area contributed by atoms with Gasteiger partial charge < -0.3 is 20.2 Å². The number of carboxylic acids is 1. The molecule has 2 aromatic rings. The van der Waals surface area contributed by atoms with Crippen LogP contribution in [0.25, 0.3) is 0 Å². The first-order valence-electron chi connectivity index (χ1n) is 11.7. The smallest absolute Gasteiger partial charge is 0.438 e. The van der Waals surface area contributed by atoms with Gasteiger partial charge in [-0.3, -0.25) is 19.2 Å². The van der Waals surface area contributed by atoms with E-state index in [9.17, 15) is 24.0 Å². The van der Waals surface area contributed by atoms with Crippen LogP contribution in [0.1, 0.15) is 67.0 Å². The number of benzene rings is 1. The summed E-state index contributed by atoms with van der Waals surface area (Å²) in [6, 6.07) is 7.32. The van der Waals surface area contributed by atoms with Gasteiger partial charge in [0.1, 0.15) is 6.54 Å². The lowest BCUT2D eigenvalue weighted by Crippen LogP contribution is -2.52. The number of aliphatic carboxylic acids is 1. The third-order valence-corrected chi connectivity index (χ3v) is 5.90. The molecule has 0 radical (unpaired) electrons. The first kappa shape index (κ1) is 25.9. The zero-order chi connectivity index (χ0) is 25.5. The fourth-order valence-electron chi connectivity index (χ4n) is 4.22. The number of hydrogen-bond acceptors (Lipinski definition) is 7. The molecule has 2 amide bonds. The lowest BCUT2D eigenvalue weighted by atomic mass is 9.83. The number of aromatic nitrogens is 2. The molecule has 1 fully saturated rings. The van der Waals surface area contributed by atoms with Gasteiger partial charge in [-0.05, 0) is 37.3 Å². The molecular formula is C24H30N4O7. The molecule has 11 heteroatoms. The molecule has 188 valence electrons. The maximum Gasteiger partial charge on any atom is 0.438 e. The van der Waals surface area contributed by atoms with E-state index in [4.69, 9.17) is 9.52 Å². The second kappa shape index (κ2) is 11.6. The van der Waals surface area contributed by atoms with Gasteiger partial charge in [-0.15, -0.1) is 5.10 Å². The van der Waals surface area contributed by atoms with E-state index >= 15 is 0 Å². The van der Waals surface area contributed by atoms with E-state index in [-0.39, 0.29) is 30.2 Å². The summed E-state index contributed by atoms with van der Waals surface area (Å²) >= 11 is 0. The topological polar surface area (TPSA) is 161 Å². The van der Waals surface area contributed by atoms with Crippen LogP contribution in [-0.2, 0) is 16.1 Å². The number of nitrogens with one attached hydrogen (secondary N) is 2. The minimum atomic E-state index is -1.31. The Bertz CT molecular complexity index is 1120. The molecule has 1 saturated carbocycles. The van der Waals surface area contributed by atoms with E-state index in [1.54, 1.807) is 24.3 Å². The molecule has 3 N–H and O–H groups in total. The third kappa shape index (κ3) is 6.87. The predicted octanol–water partition coefficient (Wildman–Crippen LogP) is 1.62. The summed E-state index contributed by atoms with van der Waals surface area (Å²) in [5, 5.41) is 18.3. The lowest BCUT2D eigenvalue weighted by Gasteiger charge is -2.32. The van der Waals surface area contributed by atoms with Crippen molar-refractivity contribution < 1.29 is 28.7 Å². The van der Waals surface area contributed by atoms with Crippen molar-refractivity contribution in [1.29, 1.82) is 0 Å². The van der Waals surface area contributed by atoms with Crippen molar-refractivity contribution >= 4 is 23.6 Å². The summed E-state index contributed by atoms with van der Waals surface area (Å²) in [7, 11) is 0. The van der Waals surface area contributed by atoms with Crippen LogP contribution in [0.15, 0.2) is 39.5 Å². The molecule has 0 spiro atoms. The van der Waals surface area contributed by atoms with Crippen molar-refractivity contribution in [1.82, 2.24) is 20.4 Å². The molecule has 1 heterocycles. The summed E-state index contributed by atoms with van der Waals surface area (Å²) in [4.78, 5) is 61.7. The Hall–Kier alpha value is -3.76. The van der Waals surface area contributed by atoms with Crippen LogP contribution in [0.2, 0.25) is 0 Å². The number of carbonyl (C=O) groups is 4. The van der Waals surface area contributed by atoms with Crippen LogP contribution >= 0.6 is 0 Å². The van der Waals surface area contributed by atoms with Crippen LogP contribution < -0.4 is 16.4 Å². The molecule has 35 heavy (non-hydrogen) atoms. The third-order valence-electron chi connectivity index (χ3n) is 5.90. The Morgan fingerprint density at radius 2 is 1.83 bits per heavy atom. The molecule has 1 aromatic carbocycles. The van der Waals surface area contributed by atoms with E-state index in [1.165, 1.54) is 0 Å². The Balaban J connectivity index is 1.75. The average Bonchev–Trinajstić information content (AvgIpc) is 3.18. The van der Waals surface area contributed by atoms with Crippen molar-refractivity contribution in [3.05, 3.63) is 52.3 Å². The normalized spacial score (nSPS) is 18.6. The summed E-state index contributed by atoms with van der Waals surface area (Å²) in [6.07, 6.45) is 3.12. The first-order valence-corrected chi connectivity index (χ1v) is 11.7. The van der Waals surface area contributed by atoms with Gasteiger partial charge in [-0.25, -0.2) is 4.79 Å². The maximum atomic E-state index is 13.3. The van der Waals surface area contributed by atoms with E-state index < -0.39 is 41.9 Å².